The molecule has 1 unspecified atom stereocenters. The van der Waals surface area contributed by atoms with Gasteiger partial charge in [0.15, 0.2) is 5.82 Å². The lowest BCUT2D eigenvalue weighted by Gasteiger charge is -2.20. The van der Waals surface area contributed by atoms with E-state index in [9.17, 15) is 0 Å². The van der Waals surface area contributed by atoms with E-state index >= 15 is 0 Å². The number of aromatic nitrogens is 3. The monoisotopic (exact) mass is 410 g/mol. The van der Waals surface area contributed by atoms with Gasteiger partial charge in [-0.3, -0.25) is 0 Å². The molecule has 0 radical (unpaired) electrons. The molecule has 152 valence electrons. The van der Waals surface area contributed by atoms with E-state index in [1.54, 1.807) is 11.8 Å². The zero-order chi connectivity index (χ0) is 20.2. The van der Waals surface area contributed by atoms with Crippen molar-refractivity contribution in [1.82, 2.24) is 14.9 Å². The number of benzene rings is 2. The van der Waals surface area contributed by atoms with E-state index in [0.29, 0.717) is 13.2 Å². The fourth-order valence-corrected chi connectivity index (χ4v) is 4.50. The summed E-state index contributed by atoms with van der Waals surface area (Å²) in [5.41, 5.74) is 6.90. The lowest BCUT2D eigenvalue weighted by Crippen LogP contribution is -2.15. The zero-order valence-corrected chi connectivity index (χ0v) is 17.8. The maximum absolute atomic E-state index is 5.98. The summed E-state index contributed by atoms with van der Waals surface area (Å²) in [6.45, 7) is 7.43. The number of hydrogen-bond donors (Lipinski definition) is 1. The topological polar surface area (TPSA) is 61.2 Å². The van der Waals surface area contributed by atoms with Gasteiger partial charge in [0, 0.05) is 17.2 Å². The van der Waals surface area contributed by atoms with Crippen LogP contribution in [0.25, 0.3) is 11.4 Å². The highest BCUT2D eigenvalue weighted by atomic mass is 32.2. The lowest BCUT2D eigenvalue weighted by molar-refractivity contribution is 0.318. The second kappa shape index (κ2) is 8.78. The van der Waals surface area contributed by atoms with Crippen LogP contribution in [0.1, 0.15) is 43.7 Å². The molecule has 0 amide bonds. The van der Waals surface area contributed by atoms with E-state index in [-0.39, 0.29) is 5.37 Å². The summed E-state index contributed by atoms with van der Waals surface area (Å²) in [7, 11) is 0. The lowest BCUT2D eigenvalue weighted by atomic mass is 10.0. The summed E-state index contributed by atoms with van der Waals surface area (Å²) in [5, 5.41) is 9.58. The Balaban J connectivity index is 1.69. The van der Waals surface area contributed by atoms with Gasteiger partial charge in [0.25, 0.3) is 0 Å². The first kappa shape index (κ1) is 19.6. The number of hydrogen-bond acceptors (Lipinski definition) is 6. The number of thioether (sulfide) groups is 1. The zero-order valence-electron chi connectivity index (χ0n) is 17.0. The van der Waals surface area contributed by atoms with Gasteiger partial charge in [-0.15, -0.1) is 10.2 Å². The Morgan fingerprint density at radius 3 is 2.48 bits per heavy atom. The third-order valence-corrected chi connectivity index (χ3v) is 5.80. The third kappa shape index (κ3) is 3.92. The number of aryl methyl sites for hydroxylation is 1. The van der Waals surface area contributed by atoms with Crippen LogP contribution in [0.3, 0.4) is 0 Å². The Hall–Kier alpha value is -2.67. The van der Waals surface area contributed by atoms with Crippen LogP contribution in [0.4, 0.5) is 0 Å². The molecule has 6 nitrogen and oxygen atoms in total. The van der Waals surface area contributed by atoms with Crippen molar-refractivity contribution in [2.24, 2.45) is 0 Å². The summed E-state index contributed by atoms with van der Waals surface area (Å²) in [4.78, 5) is 0. The van der Waals surface area contributed by atoms with E-state index in [1.165, 1.54) is 5.56 Å². The predicted octanol–water partition coefficient (Wildman–Crippen LogP) is 5.04. The maximum Gasteiger partial charge on any atom is 0.212 e. The summed E-state index contributed by atoms with van der Waals surface area (Å²) in [6.07, 6.45) is 2.02. The fraction of sp³-hybridized carbons (Fsp3) is 0.364. The van der Waals surface area contributed by atoms with Gasteiger partial charge in [-0.05, 0) is 31.9 Å². The smallest absolute Gasteiger partial charge is 0.212 e. The molecule has 2 heterocycles. The van der Waals surface area contributed by atoms with Crippen LogP contribution in [0, 0.1) is 0 Å². The molecule has 0 saturated carbocycles. The van der Waals surface area contributed by atoms with Gasteiger partial charge in [-0.25, -0.2) is 4.68 Å². The predicted molar refractivity (Wildman–Crippen MR) is 116 cm³/mol. The standard InChI is InChI=1S/C22H26N4O2S/c1-4-10-16-13-17(19(28-6-3)14-18(16)27-5-2)21-25-26-20(23-24-22(26)29-21)15-11-8-7-9-12-15/h7-9,11-14,21,25H,4-6,10H2,1-3H3. The van der Waals surface area contributed by atoms with Crippen LogP contribution in [-0.2, 0) is 6.42 Å². The highest BCUT2D eigenvalue weighted by molar-refractivity contribution is 7.99. The summed E-state index contributed by atoms with van der Waals surface area (Å²) in [6, 6.07) is 14.3. The van der Waals surface area contributed by atoms with E-state index in [4.69, 9.17) is 9.47 Å². The first-order valence-corrected chi connectivity index (χ1v) is 11.0. The van der Waals surface area contributed by atoms with Crippen molar-refractivity contribution in [3.8, 4) is 22.9 Å². The molecule has 2 aromatic carbocycles. The Bertz CT molecular complexity index is 974. The molecule has 0 bridgehead atoms. The SMILES string of the molecule is CCCc1cc(C2Nn3c(nnc3-c3ccccc3)S2)c(OCC)cc1OCC. The number of ether oxygens (including phenoxy) is 2. The molecule has 1 aromatic heterocycles. The van der Waals surface area contributed by atoms with E-state index in [0.717, 1.165) is 46.4 Å². The van der Waals surface area contributed by atoms with Gasteiger partial charge in [-0.2, -0.15) is 0 Å². The Morgan fingerprint density at radius 2 is 1.76 bits per heavy atom. The number of fused-ring (bicyclic) bond motifs is 1. The Morgan fingerprint density at radius 1 is 1.00 bits per heavy atom. The highest BCUT2D eigenvalue weighted by Crippen LogP contribution is 2.45. The van der Waals surface area contributed by atoms with Crippen molar-refractivity contribution in [3.05, 3.63) is 53.6 Å². The van der Waals surface area contributed by atoms with Crippen LogP contribution in [0.5, 0.6) is 11.5 Å². The normalized spacial score (nSPS) is 15.1. The quantitative estimate of drug-likeness (QED) is 0.561. The van der Waals surface area contributed by atoms with Crippen molar-refractivity contribution >= 4 is 11.8 Å². The van der Waals surface area contributed by atoms with Crippen LogP contribution in [0.2, 0.25) is 0 Å². The average Bonchev–Trinajstić information content (AvgIpc) is 3.32. The van der Waals surface area contributed by atoms with Crippen molar-refractivity contribution in [2.75, 3.05) is 18.6 Å². The molecule has 4 rings (SSSR count). The maximum atomic E-state index is 5.98. The van der Waals surface area contributed by atoms with Crippen molar-refractivity contribution in [3.63, 3.8) is 0 Å². The molecule has 1 N–H and O–H groups in total. The second-order valence-electron chi connectivity index (χ2n) is 6.75. The molecule has 0 fully saturated rings. The van der Waals surface area contributed by atoms with Gasteiger partial charge in [0.2, 0.25) is 5.16 Å². The Labute approximate surface area is 175 Å². The van der Waals surface area contributed by atoms with Crippen LogP contribution in [-0.4, -0.2) is 28.1 Å². The first-order chi connectivity index (χ1) is 14.2. The van der Waals surface area contributed by atoms with E-state index in [2.05, 4.69) is 28.6 Å². The molecule has 1 aliphatic rings. The average molecular weight is 411 g/mol. The van der Waals surface area contributed by atoms with Gasteiger partial charge in [0.05, 0.1) is 13.2 Å². The first-order valence-electron chi connectivity index (χ1n) is 10.1. The molecule has 7 heteroatoms. The second-order valence-corrected chi connectivity index (χ2v) is 7.82. The van der Waals surface area contributed by atoms with Crippen molar-refractivity contribution in [2.45, 2.75) is 44.1 Å². The molecule has 3 aromatic rings. The highest BCUT2D eigenvalue weighted by Gasteiger charge is 2.31. The fourth-order valence-electron chi connectivity index (χ4n) is 3.48. The Kier molecular flexibility index (Phi) is 5.94. The molecule has 0 saturated heterocycles. The van der Waals surface area contributed by atoms with Crippen LogP contribution in [0.15, 0.2) is 47.6 Å². The van der Waals surface area contributed by atoms with E-state index < -0.39 is 0 Å². The summed E-state index contributed by atoms with van der Waals surface area (Å²) in [5.74, 6) is 2.57. The molecule has 0 aliphatic carbocycles. The largest absolute Gasteiger partial charge is 0.493 e. The van der Waals surface area contributed by atoms with Crippen molar-refractivity contribution in [1.29, 1.82) is 0 Å². The minimum absolute atomic E-state index is 0.00389. The summed E-state index contributed by atoms with van der Waals surface area (Å²) < 4.78 is 13.8. The van der Waals surface area contributed by atoms with Crippen LogP contribution < -0.4 is 14.9 Å². The van der Waals surface area contributed by atoms with Gasteiger partial charge in [0.1, 0.15) is 16.9 Å². The molecule has 0 spiro atoms. The molecular formula is C22H26N4O2S. The summed E-state index contributed by atoms with van der Waals surface area (Å²) >= 11 is 1.65. The minimum Gasteiger partial charge on any atom is -0.493 e. The molecule has 1 aliphatic heterocycles. The van der Waals surface area contributed by atoms with Gasteiger partial charge in [-0.1, -0.05) is 55.4 Å². The molecular weight excluding hydrogens is 384 g/mol. The van der Waals surface area contributed by atoms with Crippen LogP contribution >= 0.6 is 11.8 Å². The third-order valence-electron chi connectivity index (χ3n) is 4.73. The number of rotatable bonds is 8. The van der Waals surface area contributed by atoms with Gasteiger partial charge < -0.3 is 14.9 Å². The molecule has 1 atom stereocenters. The van der Waals surface area contributed by atoms with Gasteiger partial charge >= 0.3 is 0 Å². The minimum atomic E-state index is -0.00389. The number of nitrogens with one attached hydrogen (secondary N) is 1. The number of nitrogens with zero attached hydrogens (tertiary/aromatic N) is 3. The van der Waals surface area contributed by atoms with E-state index in [1.807, 2.05) is 54.9 Å². The van der Waals surface area contributed by atoms with Crippen molar-refractivity contribution < 1.29 is 9.47 Å². The molecule has 29 heavy (non-hydrogen) atoms.